The fraction of sp³-hybridized carbons (Fsp3) is 0. The number of benzene rings is 8. The van der Waals surface area contributed by atoms with Crippen LogP contribution < -0.4 is 0 Å². The van der Waals surface area contributed by atoms with Crippen molar-refractivity contribution in [2.75, 3.05) is 0 Å². The Kier molecular flexibility index (Phi) is 8.50. The van der Waals surface area contributed by atoms with Crippen molar-refractivity contribution >= 4 is 49.3 Å². The van der Waals surface area contributed by atoms with Crippen molar-refractivity contribution < 1.29 is 0 Å². The Hall–Kier alpha value is -9.09. The molecule has 0 aliphatic heterocycles. The number of nitriles is 2. The van der Waals surface area contributed by atoms with Gasteiger partial charge in [-0.25, -0.2) is 14.8 Å². The van der Waals surface area contributed by atoms with E-state index in [1.165, 1.54) is 0 Å². The zero-order valence-corrected chi connectivity index (χ0v) is 33.0. The molecule has 11 rings (SSSR count). The Balaban J connectivity index is 0.990. The summed E-state index contributed by atoms with van der Waals surface area (Å²) in [6, 6.07) is 67.5. The SMILES string of the molecule is [C-]#[N+]c1ccc2c(c1)c1cc(C#N)ccc1n2-c1ccc2c(c1)c1ccccc1n2-c1ccc(-c2ccc(-c3cc(-c4ccccc4)nc(-c4ccccc4)n3)cc2)c(C#N)c1. The predicted molar refractivity (Wildman–Crippen MR) is 248 cm³/mol. The van der Waals surface area contributed by atoms with Gasteiger partial charge in [-0.15, -0.1) is 0 Å². The molecule has 0 amide bonds. The van der Waals surface area contributed by atoms with E-state index in [9.17, 15) is 10.5 Å². The van der Waals surface area contributed by atoms with Crippen molar-refractivity contribution in [3.8, 4) is 68.5 Å². The first-order valence-corrected chi connectivity index (χ1v) is 20.1. The van der Waals surface area contributed by atoms with Crippen LogP contribution in [-0.4, -0.2) is 19.1 Å². The Morgan fingerprint density at radius 3 is 1.68 bits per heavy atom. The number of para-hydroxylation sites is 1. The van der Waals surface area contributed by atoms with Gasteiger partial charge in [0.15, 0.2) is 11.5 Å². The number of rotatable bonds is 6. The van der Waals surface area contributed by atoms with Crippen LogP contribution in [0.5, 0.6) is 0 Å². The van der Waals surface area contributed by atoms with Gasteiger partial charge in [0.25, 0.3) is 0 Å². The van der Waals surface area contributed by atoms with E-state index in [1.807, 2.05) is 109 Å². The van der Waals surface area contributed by atoms with E-state index in [1.54, 1.807) is 0 Å². The third-order valence-electron chi connectivity index (χ3n) is 11.6. The molecule has 0 aliphatic rings. The molecular weight excluding hydrogens is 759 g/mol. The van der Waals surface area contributed by atoms with Crippen LogP contribution in [0.2, 0.25) is 0 Å². The molecule has 62 heavy (non-hydrogen) atoms. The van der Waals surface area contributed by atoms with Gasteiger partial charge in [0, 0.05) is 44.2 Å². The van der Waals surface area contributed by atoms with Crippen molar-refractivity contribution in [3.05, 3.63) is 211 Å². The second-order valence-corrected chi connectivity index (χ2v) is 15.2. The minimum absolute atomic E-state index is 0.551. The maximum absolute atomic E-state index is 10.6. The molecule has 8 aromatic carbocycles. The number of hydrogen-bond donors (Lipinski definition) is 0. The van der Waals surface area contributed by atoms with Crippen LogP contribution in [0.1, 0.15) is 11.1 Å². The third-order valence-corrected chi connectivity index (χ3v) is 11.6. The molecule has 0 bridgehead atoms. The van der Waals surface area contributed by atoms with Crippen LogP contribution in [0, 0.1) is 29.2 Å². The van der Waals surface area contributed by atoms with Crippen molar-refractivity contribution in [1.29, 1.82) is 10.5 Å². The maximum atomic E-state index is 10.6. The van der Waals surface area contributed by atoms with Gasteiger partial charge in [-0.1, -0.05) is 115 Å². The Morgan fingerprint density at radius 2 is 0.984 bits per heavy atom. The summed E-state index contributed by atoms with van der Waals surface area (Å²) in [5.41, 5.74) is 13.8. The topological polar surface area (TPSA) is 87.6 Å². The largest absolute Gasteiger partial charge is 0.309 e. The Morgan fingerprint density at radius 1 is 0.435 bits per heavy atom. The highest BCUT2D eigenvalue weighted by atomic mass is 15.0. The highest BCUT2D eigenvalue weighted by Gasteiger charge is 2.19. The highest BCUT2D eigenvalue weighted by Crippen LogP contribution is 2.39. The molecule has 0 saturated heterocycles. The van der Waals surface area contributed by atoms with Gasteiger partial charge >= 0.3 is 0 Å². The quantitative estimate of drug-likeness (QED) is 0.157. The lowest BCUT2D eigenvalue weighted by atomic mass is 9.97. The van der Waals surface area contributed by atoms with Crippen molar-refractivity contribution in [1.82, 2.24) is 19.1 Å². The van der Waals surface area contributed by atoms with Gasteiger partial charge in [0.2, 0.25) is 0 Å². The molecule has 0 radical (unpaired) electrons. The van der Waals surface area contributed by atoms with E-state index in [0.29, 0.717) is 22.6 Å². The molecule has 7 nitrogen and oxygen atoms in total. The van der Waals surface area contributed by atoms with Gasteiger partial charge in [-0.05, 0) is 89.3 Å². The maximum Gasteiger partial charge on any atom is 0.188 e. The van der Waals surface area contributed by atoms with Crippen LogP contribution >= 0.6 is 0 Å². The van der Waals surface area contributed by atoms with E-state index in [2.05, 4.69) is 105 Å². The molecule has 3 aromatic heterocycles. The summed E-state index contributed by atoms with van der Waals surface area (Å²) < 4.78 is 4.42. The zero-order chi connectivity index (χ0) is 41.7. The zero-order valence-electron chi connectivity index (χ0n) is 33.0. The summed E-state index contributed by atoms with van der Waals surface area (Å²) in [4.78, 5) is 13.6. The summed E-state index contributed by atoms with van der Waals surface area (Å²) in [5, 5.41) is 24.3. The Labute approximate surface area is 356 Å². The van der Waals surface area contributed by atoms with Gasteiger partial charge in [-0.3, -0.25) is 0 Å². The smallest absolute Gasteiger partial charge is 0.188 e. The molecule has 286 valence electrons. The molecule has 0 N–H and O–H groups in total. The molecule has 0 spiro atoms. The first-order chi connectivity index (χ1) is 30.6. The average molecular weight is 790 g/mol. The average Bonchev–Trinajstić information content (AvgIpc) is 3.85. The molecule has 0 saturated carbocycles. The van der Waals surface area contributed by atoms with Crippen molar-refractivity contribution in [2.24, 2.45) is 0 Å². The summed E-state index contributed by atoms with van der Waals surface area (Å²) in [7, 11) is 0. The van der Waals surface area contributed by atoms with E-state index >= 15 is 0 Å². The summed E-state index contributed by atoms with van der Waals surface area (Å²) in [6.07, 6.45) is 0. The molecule has 0 aliphatic carbocycles. The minimum atomic E-state index is 0.551. The molecule has 0 fully saturated rings. The number of aromatic nitrogens is 4. The molecule has 3 heterocycles. The minimum Gasteiger partial charge on any atom is -0.309 e. The molecule has 7 heteroatoms. The molecule has 0 atom stereocenters. The highest BCUT2D eigenvalue weighted by molar-refractivity contribution is 6.13. The van der Waals surface area contributed by atoms with Crippen LogP contribution in [-0.2, 0) is 0 Å². The molecule has 0 unspecified atom stereocenters. The van der Waals surface area contributed by atoms with Crippen molar-refractivity contribution in [3.63, 3.8) is 0 Å². The van der Waals surface area contributed by atoms with E-state index < -0.39 is 0 Å². The number of hydrogen-bond acceptors (Lipinski definition) is 4. The predicted octanol–water partition coefficient (Wildman–Crippen LogP) is 13.6. The fourth-order valence-corrected chi connectivity index (χ4v) is 8.71. The monoisotopic (exact) mass is 789 g/mol. The molecule has 11 aromatic rings. The molecular formula is C55H31N7. The number of fused-ring (bicyclic) bond motifs is 6. The first kappa shape index (κ1) is 36.0. The van der Waals surface area contributed by atoms with E-state index in [-0.39, 0.29) is 0 Å². The van der Waals surface area contributed by atoms with Crippen LogP contribution in [0.25, 0.3) is 105 Å². The van der Waals surface area contributed by atoms with E-state index in [4.69, 9.17) is 16.5 Å². The first-order valence-electron chi connectivity index (χ1n) is 20.1. The van der Waals surface area contributed by atoms with Gasteiger partial charge in [-0.2, -0.15) is 10.5 Å². The van der Waals surface area contributed by atoms with Crippen molar-refractivity contribution in [2.45, 2.75) is 0 Å². The summed E-state index contributed by atoms with van der Waals surface area (Å²) in [6.45, 7) is 7.63. The van der Waals surface area contributed by atoms with Gasteiger partial charge in [0.05, 0.1) is 63.3 Å². The number of nitrogens with zero attached hydrogens (tertiary/aromatic N) is 7. The lowest BCUT2D eigenvalue weighted by molar-refractivity contribution is 1.16. The second-order valence-electron chi connectivity index (χ2n) is 15.2. The lowest BCUT2D eigenvalue weighted by Crippen LogP contribution is -1.97. The summed E-state index contributed by atoms with van der Waals surface area (Å²) in [5.74, 6) is 0.660. The normalized spacial score (nSPS) is 11.2. The van der Waals surface area contributed by atoms with Crippen LogP contribution in [0.4, 0.5) is 5.69 Å². The van der Waals surface area contributed by atoms with Crippen LogP contribution in [0.3, 0.4) is 0 Å². The third kappa shape index (κ3) is 5.96. The summed E-state index contributed by atoms with van der Waals surface area (Å²) >= 11 is 0. The van der Waals surface area contributed by atoms with Gasteiger partial charge < -0.3 is 9.13 Å². The fourth-order valence-electron chi connectivity index (χ4n) is 8.71. The van der Waals surface area contributed by atoms with Crippen LogP contribution in [0.15, 0.2) is 188 Å². The lowest BCUT2D eigenvalue weighted by Gasteiger charge is -2.13. The van der Waals surface area contributed by atoms with Gasteiger partial charge in [0.1, 0.15) is 0 Å². The standard InChI is InChI=1S/C55H31N7/c1-58-41-21-26-53-47(30-41)46-28-35(33-56)16-25-52(46)62(53)43-23-27-54-48(31-43)45-14-8-9-15-51(45)61(54)42-22-24-44(40(29-42)34-57)36-17-19-38(20-18-36)50-32-49(37-10-4-2-5-11-37)59-55(60-50)39-12-6-3-7-13-39/h2-32H. The Bertz CT molecular complexity index is 3580. The second kappa shape index (κ2) is 14.6. The van der Waals surface area contributed by atoms with E-state index in [0.717, 1.165) is 94.2 Å².